The first-order chi connectivity index (χ1) is 43.1. The van der Waals surface area contributed by atoms with Crippen molar-refractivity contribution in [1.29, 1.82) is 0 Å². The molecule has 0 aliphatic rings. The molecule has 0 unspecified atom stereocenters. The van der Waals surface area contributed by atoms with E-state index in [1.54, 1.807) is 0 Å². The minimum Gasteiger partial charge on any atom is -0.310 e. The van der Waals surface area contributed by atoms with Crippen LogP contribution in [0.25, 0.3) is 147 Å². The molecular formula is C81H51N5S. The Morgan fingerprint density at radius 3 is 1.39 bits per heavy atom. The van der Waals surface area contributed by atoms with Gasteiger partial charge in [-0.2, -0.15) is 0 Å². The van der Waals surface area contributed by atoms with E-state index in [-0.39, 0.29) is 0 Å². The highest BCUT2D eigenvalue weighted by Gasteiger charge is 2.22. The van der Waals surface area contributed by atoms with Gasteiger partial charge in [0.1, 0.15) is 5.82 Å². The van der Waals surface area contributed by atoms with Gasteiger partial charge in [0.25, 0.3) is 0 Å². The van der Waals surface area contributed by atoms with E-state index in [0.29, 0.717) is 5.82 Å². The number of pyridine rings is 1. The van der Waals surface area contributed by atoms with Crippen LogP contribution in [0.4, 0.5) is 17.1 Å². The van der Waals surface area contributed by atoms with Gasteiger partial charge in [-0.3, -0.25) is 9.55 Å². The fourth-order valence-electron chi connectivity index (χ4n) is 13.1. The highest BCUT2D eigenvalue weighted by atomic mass is 32.1. The van der Waals surface area contributed by atoms with E-state index in [0.717, 1.165) is 83.8 Å². The lowest BCUT2D eigenvalue weighted by Crippen LogP contribution is -2.10. The van der Waals surface area contributed by atoms with Gasteiger partial charge in [0.2, 0.25) is 0 Å². The Hall–Kier alpha value is -11.3. The first-order valence-corrected chi connectivity index (χ1v) is 30.3. The molecule has 17 aromatic rings. The minimum absolute atomic E-state index is 0.664. The van der Waals surface area contributed by atoms with Crippen LogP contribution in [0.2, 0.25) is 0 Å². The lowest BCUT2D eigenvalue weighted by Gasteiger charge is -2.26. The number of anilines is 3. The van der Waals surface area contributed by atoms with E-state index in [2.05, 4.69) is 306 Å². The third-order valence-electron chi connectivity index (χ3n) is 17.3. The molecule has 87 heavy (non-hydrogen) atoms. The SMILES string of the molecule is c1ccc(-c2ccc(-c3cc(-n4c5ccc(-c6cccc(N(c7ccncc7)c7ccc(-c8cccc(-c9ccccc9)c8)cc7)c6)cc5c5cc6sc7cc8c9ccccc9c9ccccc9c8cc7c6cc54)nc(-c4ccccc4)n3)cc2)cc1. The summed E-state index contributed by atoms with van der Waals surface area (Å²) in [6, 6.07) is 108. The quantitative estimate of drug-likeness (QED) is 0.128. The lowest BCUT2D eigenvalue weighted by molar-refractivity contribution is 1.05. The Morgan fingerprint density at radius 1 is 0.264 bits per heavy atom. The van der Waals surface area contributed by atoms with Crippen LogP contribution in [0.5, 0.6) is 0 Å². The summed E-state index contributed by atoms with van der Waals surface area (Å²) in [7, 11) is 0. The van der Waals surface area contributed by atoms with E-state index in [4.69, 9.17) is 9.97 Å². The maximum Gasteiger partial charge on any atom is 0.162 e. The number of fused-ring (bicyclic) bond motifs is 12. The highest BCUT2D eigenvalue weighted by Crippen LogP contribution is 2.46. The molecule has 0 spiro atoms. The Labute approximate surface area is 506 Å². The molecule has 6 heteroatoms. The van der Waals surface area contributed by atoms with Gasteiger partial charge in [0.05, 0.1) is 16.7 Å². The zero-order valence-electron chi connectivity index (χ0n) is 47.1. The maximum atomic E-state index is 5.52. The van der Waals surface area contributed by atoms with E-state index < -0.39 is 0 Å². The van der Waals surface area contributed by atoms with Crippen molar-refractivity contribution < 1.29 is 0 Å². The van der Waals surface area contributed by atoms with Gasteiger partial charge in [-0.1, -0.05) is 212 Å². The zero-order chi connectivity index (χ0) is 57.4. The highest BCUT2D eigenvalue weighted by molar-refractivity contribution is 7.26. The molecular weight excluding hydrogens is 1070 g/mol. The van der Waals surface area contributed by atoms with E-state index in [1.165, 1.54) is 74.7 Å². The van der Waals surface area contributed by atoms with Crippen molar-refractivity contribution in [2.75, 3.05) is 4.90 Å². The van der Waals surface area contributed by atoms with Crippen LogP contribution in [0.3, 0.4) is 0 Å². The van der Waals surface area contributed by atoms with Gasteiger partial charge < -0.3 is 4.90 Å². The fraction of sp³-hybridized carbons (Fsp3) is 0. The summed E-state index contributed by atoms with van der Waals surface area (Å²) in [4.78, 5) is 17.6. The molecule has 0 aliphatic heterocycles. The van der Waals surface area contributed by atoms with Gasteiger partial charge in [0, 0.05) is 77.6 Å². The Bertz CT molecular complexity index is 5490. The Morgan fingerprint density at radius 2 is 0.724 bits per heavy atom. The second kappa shape index (κ2) is 20.8. The fourth-order valence-corrected chi connectivity index (χ4v) is 14.2. The van der Waals surface area contributed by atoms with Crippen molar-refractivity contribution in [3.63, 3.8) is 0 Å². The number of rotatable bonds is 10. The predicted octanol–water partition coefficient (Wildman–Crippen LogP) is 22.3. The summed E-state index contributed by atoms with van der Waals surface area (Å²) >= 11 is 1.87. The molecule has 5 nitrogen and oxygen atoms in total. The summed E-state index contributed by atoms with van der Waals surface area (Å²) in [5.74, 6) is 1.46. The molecule has 4 heterocycles. The molecule has 0 atom stereocenters. The smallest absolute Gasteiger partial charge is 0.162 e. The monoisotopic (exact) mass is 1130 g/mol. The second-order valence-electron chi connectivity index (χ2n) is 22.3. The van der Waals surface area contributed by atoms with Gasteiger partial charge >= 0.3 is 0 Å². The summed E-state index contributed by atoms with van der Waals surface area (Å²) in [6.45, 7) is 0. The molecule has 0 amide bonds. The summed E-state index contributed by atoms with van der Waals surface area (Å²) < 4.78 is 4.88. The van der Waals surface area contributed by atoms with Crippen molar-refractivity contribution >= 4 is 103 Å². The van der Waals surface area contributed by atoms with E-state index >= 15 is 0 Å². The standard InChI is InChI=1S/C81H51N5S/c1-4-16-52(17-5-1)54-30-32-56(33-31-54)75-51-80(84-81(83-75)57-20-8-3-9-21-57)86-76-39-36-61(46-71(76)72-50-79-74(48-77(72)86)73-47-69-67-28-12-10-26-65(67)66-27-11-13-29-68(66)70(69)49-78(73)87-79)60-24-15-25-64(45-60)85(63-40-42-82-43-41-63)62-37-34-55(35-38-62)59-23-14-22-58(44-59)53-18-6-2-7-19-53/h1-51H. The minimum atomic E-state index is 0.664. The molecule has 17 rings (SSSR count). The van der Waals surface area contributed by atoms with Crippen LogP contribution in [0, 0.1) is 0 Å². The Kier molecular flexibility index (Phi) is 12.0. The second-order valence-corrected chi connectivity index (χ2v) is 23.4. The number of hydrogen-bond donors (Lipinski definition) is 0. The van der Waals surface area contributed by atoms with Crippen molar-refractivity contribution in [1.82, 2.24) is 19.5 Å². The molecule has 0 fully saturated rings. The van der Waals surface area contributed by atoms with Gasteiger partial charge in [-0.15, -0.1) is 11.3 Å². The average Bonchev–Trinajstić information content (AvgIpc) is 1.92. The van der Waals surface area contributed by atoms with E-state index in [9.17, 15) is 0 Å². The van der Waals surface area contributed by atoms with E-state index in [1.807, 2.05) is 29.8 Å². The van der Waals surface area contributed by atoms with Crippen molar-refractivity contribution in [3.05, 3.63) is 310 Å². The van der Waals surface area contributed by atoms with Crippen LogP contribution < -0.4 is 4.90 Å². The summed E-state index contributed by atoms with van der Waals surface area (Å²) in [5.41, 5.74) is 17.3. The molecule has 0 N–H and O–H groups in total. The van der Waals surface area contributed by atoms with Gasteiger partial charge in [0.15, 0.2) is 5.82 Å². The van der Waals surface area contributed by atoms with Crippen molar-refractivity contribution in [2.24, 2.45) is 0 Å². The molecule has 13 aromatic carbocycles. The van der Waals surface area contributed by atoms with Crippen molar-refractivity contribution in [2.45, 2.75) is 0 Å². The molecule has 0 aliphatic carbocycles. The number of aromatic nitrogens is 4. The summed E-state index contributed by atoms with van der Waals surface area (Å²) in [6.07, 6.45) is 3.73. The number of thiophene rings is 1. The lowest BCUT2D eigenvalue weighted by atomic mass is 9.93. The number of hydrogen-bond acceptors (Lipinski definition) is 5. The molecule has 0 bridgehead atoms. The van der Waals surface area contributed by atoms with Gasteiger partial charge in [-0.05, 0) is 156 Å². The molecule has 406 valence electrons. The largest absolute Gasteiger partial charge is 0.310 e. The van der Waals surface area contributed by atoms with Crippen LogP contribution in [0.15, 0.2) is 310 Å². The third kappa shape index (κ3) is 8.81. The van der Waals surface area contributed by atoms with Crippen LogP contribution in [0.1, 0.15) is 0 Å². The average molecular weight is 1130 g/mol. The van der Waals surface area contributed by atoms with Crippen LogP contribution >= 0.6 is 11.3 Å². The first kappa shape index (κ1) is 50.2. The Balaban J connectivity index is 0.846. The van der Waals surface area contributed by atoms with Gasteiger partial charge in [-0.25, -0.2) is 9.97 Å². The third-order valence-corrected chi connectivity index (χ3v) is 18.4. The predicted molar refractivity (Wildman–Crippen MR) is 367 cm³/mol. The molecule has 4 aromatic heterocycles. The normalized spacial score (nSPS) is 11.7. The summed E-state index contributed by atoms with van der Waals surface area (Å²) in [5, 5.41) is 12.4. The van der Waals surface area contributed by atoms with Crippen LogP contribution in [-0.4, -0.2) is 19.5 Å². The topological polar surface area (TPSA) is 46.8 Å². The first-order valence-electron chi connectivity index (χ1n) is 29.5. The molecule has 0 saturated heterocycles. The number of benzene rings is 13. The maximum absolute atomic E-state index is 5.52. The molecule has 0 radical (unpaired) electrons. The number of nitrogens with zero attached hydrogens (tertiary/aromatic N) is 5. The van der Waals surface area contributed by atoms with Crippen molar-refractivity contribution in [3.8, 4) is 73.0 Å². The van der Waals surface area contributed by atoms with Crippen LogP contribution in [-0.2, 0) is 0 Å². The molecule has 0 saturated carbocycles. The zero-order valence-corrected chi connectivity index (χ0v) is 47.9.